The van der Waals surface area contributed by atoms with E-state index in [0.717, 1.165) is 38.8 Å². The quantitative estimate of drug-likeness (QED) is 0.782. The number of likely N-dealkylation sites (tertiary alicyclic amines) is 1. The van der Waals surface area contributed by atoms with Gasteiger partial charge in [0, 0.05) is 12.4 Å². The van der Waals surface area contributed by atoms with Crippen molar-refractivity contribution in [3.8, 4) is 0 Å². The van der Waals surface area contributed by atoms with Gasteiger partial charge in [0.15, 0.2) is 0 Å². The molecule has 0 bridgehead atoms. The van der Waals surface area contributed by atoms with Crippen LogP contribution in [0.5, 0.6) is 0 Å². The van der Waals surface area contributed by atoms with Crippen molar-refractivity contribution in [2.24, 2.45) is 0 Å². The van der Waals surface area contributed by atoms with Crippen LogP contribution in [-0.2, 0) is 0 Å². The summed E-state index contributed by atoms with van der Waals surface area (Å²) < 4.78 is 0. The van der Waals surface area contributed by atoms with Gasteiger partial charge in [-0.05, 0) is 38.8 Å². The van der Waals surface area contributed by atoms with E-state index in [1.165, 1.54) is 19.3 Å². The first-order valence-corrected chi connectivity index (χ1v) is 7.39. The first-order valence-electron chi connectivity index (χ1n) is 7.39. The number of ketones is 1. The number of carbonyl (C=O) groups is 1. The van der Waals surface area contributed by atoms with E-state index in [1.54, 1.807) is 18.6 Å². The molecule has 1 aromatic rings. The minimum Gasteiger partial charge on any atom is -0.291 e. The maximum Gasteiger partial charge on any atom is 0.202 e. The lowest BCUT2D eigenvalue weighted by Crippen LogP contribution is -2.54. The molecule has 2 aliphatic rings. The predicted octanol–water partition coefficient (Wildman–Crippen LogP) is 2.46. The highest BCUT2D eigenvalue weighted by molar-refractivity contribution is 6.01. The average molecular weight is 259 g/mol. The fraction of sp³-hybridized carbons (Fsp3) is 0.667. The maximum atomic E-state index is 12.9. The van der Waals surface area contributed by atoms with Crippen molar-refractivity contribution in [1.29, 1.82) is 0 Å². The molecule has 2 heterocycles. The van der Waals surface area contributed by atoms with E-state index in [2.05, 4.69) is 14.9 Å². The Hall–Kier alpha value is -1.29. The Morgan fingerprint density at radius 1 is 1.05 bits per heavy atom. The second-order valence-electron chi connectivity index (χ2n) is 5.71. The molecule has 1 aromatic heterocycles. The molecule has 0 amide bonds. The van der Waals surface area contributed by atoms with E-state index >= 15 is 0 Å². The van der Waals surface area contributed by atoms with Crippen LogP contribution in [0.1, 0.15) is 55.4 Å². The molecule has 1 aliphatic carbocycles. The lowest BCUT2D eigenvalue weighted by atomic mass is 9.86. The van der Waals surface area contributed by atoms with Crippen molar-refractivity contribution in [1.82, 2.24) is 14.9 Å². The Kier molecular flexibility index (Phi) is 3.60. The van der Waals surface area contributed by atoms with Crippen molar-refractivity contribution in [3.63, 3.8) is 0 Å². The van der Waals surface area contributed by atoms with Gasteiger partial charge in [-0.1, -0.05) is 19.3 Å². The number of aromatic nitrogens is 2. The molecular formula is C15H21N3O. The highest BCUT2D eigenvalue weighted by Crippen LogP contribution is 2.39. The van der Waals surface area contributed by atoms with E-state index in [1.807, 2.05) is 0 Å². The summed E-state index contributed by atoms with van der Waals surface area (Å²) in [6.45, 7) is 2.12. The summed E-state index contributed by atoms with van der Waals surface area (Å²) in [5.74, 6) is 0.194. The van der Waals surface area contributed by atoms with E-state index in [-0.39, 0.29) is 11.3 Å². The molecule has 1 saturated carbocycles. The fourth-order valence-electron chi connectivity index (χ4n) is 3.62. The topological polar surface area (TPSA) is 46.1 Å². The minimum atomic E-state index is -0.281. The van der Waals surface area contributed by atoms with Gasteiger partial charge < -0.3 is 0 Å². The zero-order chi connectivity index (χ0) is 13.1. The Morgan fingerprint density at radius 3 is 2.42 bits per heavy atom. The van der Waals surface area contributed by atoms with Crippen molar-refractivity contribution in [2.75, 3.05) is 13.1 Å². The maximum absolute atomic E-state index is 12.9. The first kappa shape index (κ1) is 12.7. The van der Waals surface area contributed by atoms with Crippen LogP contribution in [0.15, 0.2) is 18.6 Å². The summed E-state index contributed by atoms with van der Waals surface area (Å²) in [6, 6.07) is 0. The van der Waals surface area contributed by atoms with E-state index in [4.69, 9.17) is 0 Å². The van der Waals surface area contributed by atoms with Crippen LogP contribution >= 0.6 is 0 Å². The number of carbonyl (C=O) groups excluding carboxylic acids is 1. The van der Waals surface area contributed by atoms with Crippen LogP contribution in [0.3, 0.4) is 0 Å². The van der Waals surface area contributed by atoms with Crippen molar-refractivity contribution in [2.45, 2.75) is 50.5 Å². The summed E-state index contributed by atoms with van der Waals surface area (Å²) in [6.07, 6.45) is 12.9. The number of hydrogen-bond acceptors (Lipinski definition) is 4. The third kappa shape index (κ3) is 2.29. The van der Waals surface area contributed by atoms with Crippen LogP contribution in [-0.4, -0.2) is 39.3 Å². The van der Waals surface area contributed by atoms with Gasteiger partial charge in [-0.25, -0.2) is 4.98 Å². The molecule has 3 rings (SSSR count). The van der Waals surface area contributed by atoms with Gasteiger partial charge in [-0.2, -0.15) is 0 Å². The SMILES string of the molecule is O=C(c1cnccn1)C1(N2CCCCC2)CCCC1. The summed E-state index contributed by atoms with van der Waals surface area (Å²) in [5.41, 5.74) is 0.256. The molecule has 0 atom stereocenters. The molecule has 19 heavy (non-hydrogen) atoms. The Bertz CT molecular complexity index is 434. The van der Waals surface area contributed by atoms with Gasteiger partial charge >= 0.3 is 0 Å². The molecule has 0 N–H and O–H groups in total. The zero-order valence-corrected chi connectivity index (χ0v) is 11.3. The standard InChI is InChI=1S/C15H21N3O/c19-14(13-12-16-8-9-17-13)15(6-2-3-7-15)18-10-4-1-5-11-18/h8-9,12H,1-7,10-11H2. The molecule has 4 heteroatoms. The highest BCUT2D eigenvalue weighted by Gasteiger charge is 2.46. The van der Waals surface area contributed by atoms with Gasteiger partial charge in [0.25, 0.3) is 0 Å². The van der Waals surface area contributed by atoms with Crippen LogP contribution in [0.25, 0.3) is 0 Å². The second-order valence-corrected chi connectivity index (χ2v) is 5.71. The van der Waals surface area contributed by atoms with Crippen molar-refractivity contribution in [3.05, 3.63) is 24.3 Å². The highest BCUT2D eigenvalue weighted by atomic mass is 16.1. The zero-order valence-electron chi connectivity index (χ0n) is 11.3. The Balaban J connectivity index is 1.89. The van der Waals surface area contributed by atoms with E-state index < -0.39 is 0 Å². The molecule has 0 spiro atoms. The number of nitrogens with zero attached hydrogens (tertiary/aromatic N) is 3. The van der Waals surface area contributed by atoms with Gasteiger partial charge in [-0.3, -0.25) is 14.7 Å². The van der Waals surface area contributed by atoms with Crippen molar-refractivity contribution >= 4 is 5.78 Å². The predicted molar refractivity (Wildman–Crippen MR) is 73.0 cm³/mol. The Labute approximate surface area is 114 Å². The van der Waals surface area contributed by atoms with Crippen LogP contribution in [0.4, 0.5) is 0 Å². The van der Waals surface area contributed by atoms with E-state index in [0.29, 0.717) is 5.69 Å². The van der Waals surface area contributed by atoms with Crippen LogP contribution in [0.2, 0.25) is 0 Å². The summed E-state index contributed by atoms with van der Waals surface area (Å²) in [7, 11) is 0. The number of hydrogen-bond donors (Lipinski definition) is 0. The van der Waals surface area contributed by atoms with Crippen LogP contribution in [0, 0.1) is 0 Å². The number of piperidine rings is 1. The molecule has 0 unspecified atom stereocenters. The average Bonchev–Trinajstić information content (AvgIpc) is 2.99. The molecule has 4 nitrogen and oxygen atoms in total. The van der Waals surface area contributed by atoms with Crippen molar-refractivity contribution < 1.29 is 4.79 Å². The molecule has 1 aliphatic heterocycles. The summed E-state index contributed by atoms with van der Waals surface area (Å²) in [5, 5.41) is 0. The molecule has 0 aromatic carbocycles. The number of rotatable bonds is 3. The molecule has 102 valence electrons. The molecule has 2 fully saturated rings. The third-order valence-corrected chi connectivity index (χ3v) is 4.61. The summed E-state index contributed by atoms with van der Waals surface area (Å²) in [4.78, 5) is 23.6. The first-order chi connectivity index (χ1) is 9.33. The smallest absolute Gasteiger partial charge is 0.202 e. The number of Topliss-reactive ketones (excluding diaryl/α,β-unsaturated/α-hetero) is 1. The Morgan fingerprint density at radius 2 is 1.79 bits per heavy atom. The normalized spacial score (nSPS) is 23.4. The van der Waals surface area contributed by atoms with Gasteiger partial charge in [-0.15, -0.1) is 0 Å². The lowest BCUT2D eigenvalue weighted by Gasteiger charge is -2.42. The monoisotopic (exact) mass is 259 g/mol. The largest absolute Gasteiger partial charge is 0.291 e. The fourth-order valence-corrected chi connectivity index (χ4v) is 3.62. The summed E-state index contributed by atoms with van der Waals surface area (Å²) >= 11 is 0. The second kappa shape index (κ2) is 5.37. The van der Waals surface area contributed by atoms with Gasteiger partial charge in [0.1, 0.15) is 5.69 Å². The molecular weight excluding hydrogens is 238 g/mol. The minimum absolute atomic E-state index is 0.194. The lowest BCUT2D eigenvalue weighted by molar-refractivity contribution is 0.0472. The third-order valence-electron chi connectivity index (χ3n) is 4.61. The van der Waals surface area contributed by atoms with Gasteiger partial charge in [0.2, 0.25) is 5.78 Å². The van der Waals surface area contributed by atoms with E-state index in [9.17, 15) is 4.79 Å². The van der Waals surface area contributed by atoms with Gasteiger partial charge in [0.05, 0.1) is 11.7 Å². The molecule has 1 saturated heterocycles. The molecule has 0 radical (unpaired) electrons. The van der Waals surface area contributed by atoms with Crippen LogP contribution < -0.4 is 0 Å².